The van der Waals surface area contributed by atoms with Gasteiger partial charge >= 0.3 is 0 Å². The summed E-state index contributed by atoms with van der Waals surface area (Å²) >= 11 is 0. The average Bonchev–Trinajstić information content (AvgIpc) is 2.59. The van der Waals surface area contributed by atoms with Crippen molar-refractivity contribution in [2.24, 2.45) is 0 Å². The first-order chi connectivity index (χ1) is 11.4. The lowest BCUT2D eigenvalue weighted by Gasteiger charge is -2.10. The van der Waals surface area contributed by atoms with E-state index in [1.807, 2.05) is 18.2 Å². The third-order valence-corrected chi connectivity index (χ3v) is 4.46. The van der Waals surface area contributed by atoms with E-state index in [1.165, 1.54) is 5.56 Å². The van der Waals surface area contributed by atoms with E-state index in [9.17, 15) is 9.59 Å². The zero-order valence-corrected chi connectivity index (χ0v) is 14.5. The van der Waals surface area contributed by atoms with Gasteiger partial charge in [0.2, 0.25) is 0 Å². The molecular weight excluding hydrogens is 302 g/mol. The van der Waals surface area contributed by atoms with Crippen LogP contribution in [0.5, 0.6) is 0 Å². The maximum atomic E-state index is 12.4. The van der Waals surface area contributed by atoms with E-state index in [0.29, 0.717) is 22.7 Å². The van der Waals surface area contributed by atoms with E-state index in [-0.39, 0.29) is 17.9 Å². The first kappa shape index (κ1) is 17.6. The highest BCUT2D eigenvalue weighted by molar-refractivity contribution is 5.95. The van der Waals surface area contributed by atoms with Crippen molar-refractivity contribution in [2.45, 2.75) is 46.6 Å². The molecule has 24 heavy (non-hydrogen) atoms. The van der Waals surface area contributed by atoms with E-state index in [2.05, 4.69) is 18.9 Å². The summed E-state index contributed by atoms with van der Waals surface area (Å²) < 4.78 is 1.08. The van der Waals surface area contributed by atoms with Gasteiger partial charge < -0.3 is 0 Å². The lowest BCUT2D eigenvalue weighted by Crippen LogP contribution is -2.30. The molecule has 0 fully saturated rings. The molecule has 1 atom stereocenters. The van der Waals surface area contributed by atoms with Crippen LogP contribution in [0, 0.1) is 25.2 Å². The normalized spacial score (nSPS) is 11.8. The monoisotopic (exact) mass is 323 g/mol. The Balaban J connectivity index is 2.29. The fourth-order valence-electron chi connectivity index (χ4n) is 2.47. The molecule has 0 radical (unpaired) electrons. The molecule has 0 spiro atoms. The van der Waals surface area contributed by atoms with Gasteiger partial charge in [-0.2, -0.15) is 10.4 Å². The first-order valence-corrected chi connectivity index (χ1v) is 8.00. The zero-order chi connectivity index (χ0) is 17.9. The number of rotatable bonds is 5. The molecule has 0 N–H and O–H groups in total. The Kier molecular flexibility index (Phi) is 5.30. The maximum Gasteiger partial charge on any atom is 0.285 e. The molecule has 0 saturated heterocycles. The standard InChI is InChI=1S/C19H21N3O2/c1-5-12(2)15-6-8-16(9-7-15)18(23)11-22-19(24)17(10-20)13(3)14(4)21-22/h6-9,12H,5,11H2,1-4H3/t12-/m1/s1. The molecule has 1 aromatic heterocycles. The predicted octanol–water partition coefficient (Wildman–Crippen LogP) is 3.13. The van der Waals surface area contributed by atoms with Crippen molar-refractivity contribution in [1.29, 1.82) is 5.26 Å². The van der Waals surface area contributed by atoms with Crippen LogP contribution in [0.1, 0.15) is 58.9 Å². The van der Waals surface area contributed by atoms with Crippen molar-refractivity contribution >= 4 is 5.78 Å². The molecule has 0 saturated carbocycles. The number of hydrogen-bond donors (Lipinski definition) is 0. The third kappa shape index (κ3) is 3.43. The number of carbonyl (C=O) groups excluding carboxylic acids is 1. The van der Waals surface area contributed by atoms with Crippen LogP contribution in [0.15, 0.2) is 29.1 Å². The Hall–Kier alpha value is -2.74. The highest BCUT2D eigenvalue weighted by atomic mass is 16.1. The molecule has 0 aliphatic heterocycles. The Bertz CT molecular complexity index is 858. The van der Waals surface area contributed by atoms with Crippen molar-refractivity contribution in [3.05, 3.63) is 62.6 Å². The second-order valence-electron chi connectivity index (χ2n) is 6.01. The second-order valence-corrected chi connectivity index (χ2v) is 6.01. The van der Waals surface area contributed by atoms with Gasteiger partial charge in [0.25, 0.3) is 5.56 Å². The molecule has 2 rings (SSSR count). The highest BCUT2D eigenvalue weighted by Gasteiger charge is 2.15. The van der Waals surface area contributed by atoms with Gasteiger partial charge in [0.1, 0.15) is 18.2 Å². The molecule has 2 aromatic rings. The predicted molar refractivity (Wildman–Crippen MR) is 92.2 cm³/mol. The number of ketones is 1. The van der Waals surface area contributed by atoms with Crippen molar-refractivity contribution in [3.63, 3.8) is 0 Å². The fraction of sp³-hybridized carbons (Fsp3) is 0.368. The van der Waals surface area contributed by atoms with Crippen LogP contribution in [0.4, 0.5) is 0 Å². The Morgan fingerprint density at radius 1 is 1.29 bits per heavy atom. The van der Waals surface area contributed by atoms with Crippen LogP contribution in [0.3, 0.4) is 0 Å². The lowest BCUT2D eigenvalue weighted by molar-refractivity contribution is 0.0965. The highest BCUT2D eigenvalue weighted by Crippen LogP contribution is 2.19. The smallest absolute Gasteiger partial charge is 0.285 e. The summed E-state index contributed by atoms with van der Waals surface area (Å²) in [6.07, 6.45) is 1.03. The summed E-state index contributed by atoms with van der Waals surface area (Å²) in [5.41, 5.74) is 2.37. The molecule has 1 heterocycles. The van der Waals surface area contributed by atoms with Gasteiger partial charge in [-0.25, -0.2) is 4.68 Å². The summed E-state index contributed by atoms with van der Waals surface area (Å²) in [5, 5.41) is 13.3. The van der Waals surface area contributed by atoms with Gasteiger partial charge in [-0.15, -0.1) is 0 Å². The summed E-state index contributed by atoms with van der Waals surface area (Å²) in [6.45, 7) is 7.49. The van der Waals surface area contributed by atoms with Crippen LogP contribution in [-0.4, -0.2) is 15.6 Å². The molecule has 5 heteroatoms. The minimum atomic E-state index is -0.523. The summed E-state index contributed by atoms with van der Waals surface area (Å²) in [7, 11) is 0. The number of carbonyl (C=O) groups is 1. The zero-order valence-electron chi connectivity index (χ0n) is 14.5. The summed E-state index contributed by atoms with van der Waals surface area (Å²) in [6, 6.07) is 9.34. The number of aryl methyl sites for hydroxylation is 1. The van der Waals surface area contributed by atoms with E-state index in [1.54, 1.807) is 26.0 Å². The number of aromatic nitrogens is 2. The van der Waals surface area contributed by atoms with Crippen molar-refractivity contribution in [3.8, 4) is 6.07 Å². The quantitative estimate of drug-likeness (QED) is 0.792. The average molecular weight is 323 g/mol. The van der Waals surface area contributed by atoms with Crippen LogP contribution in [0.25, 0.3) is 0 Å². The van der Waals surface area contributed by atoms with E-state index in [4.69, 9.17) is 5.26 Å². The van der Waals surface area contributed by atoms with Crippen LogP contribution in [0.2, 0.25) is 0 Å². The first-order valence-electron chi connectivity index (χ1n) is 8.00. The fourth-order valence-corrected chi connectivity index (χ4v) is 2.47. The minimum absolute atomic E-state index is 0.0439. The molecule has 1 aromatic carbocycles. The van der Waals surface area contributed by atoms with Crippen molar-refractivity contribution in [2.75, 3.05) is 0 Å². The molecule has 124 valence electrons. The summed E-state index contributed by atoms with van der Waals surface area (Å²) in [4.78, 5) is 24.7. The van der Waals surface area contributed by atoms with E-state index in [0.717, 1.165) is 11.1 Å². The Labute approximate surface area is 141 Å². The molecular formula is C19H21N3O2. The number of hydrogen-bond acceptors (Lipinski definition) is 4. The number of nitrogens with zero attached hydrogens (tertiary/aromatic N) is 3. The van der Waals surface area contributed by atoms with Crippen LogP contribution < -0.4 is 5.56 Å². The van der Waals surface area contributed by atoms with E-state index >= 15 is 0 Å². The van der Waals surface area contributed by atoms with Gasteiger partial charge in [0, 0.05) is 5.56 Å². The molecule has 0 amide bonds. The molecule has 0 bridgehead atoms. The molecule has 0 unspecified atom stereocenters. The number of Topliss-reactive ketones (excluding diaryl/α,β-unsaturated/α-hetero) is 1. The maximum absolute atomic E-state index is 12.4. The Morgan fingerprint density at radius 2 is 1.92 bits per heavy atom. The van der Waals surface area contributed by atoms with Gasteiger partial charge in [-0.3, -0.25) is 9.59 Å². The SMILES string of the molecule is CC[C@@H](C)c1ccc(C(=O)Cn2nc(C)c(C)c(C#N)c2=O)cc1. The van der Waals surface area contributed by atoms with Gasteiger partial charge in [0.05, 0.1) is 5.69 Å². The van der Waals surface area contributed by atoms with Gasteiger partial charge in [-0.05, 0) is 37.3 Å². The van der Waals surface area contributed by atoms with Gasteiger partial charge in [0.15, 0.2) is 5.78 Å². The Morgan fingerprint density at radius 3 is 2.46 bits per heavy atom. The van der Waals surface area contributed by atoms with Crippen molar-refractivity contribution < 1.29 is 4.79 Å². The van der Waals surface area contributed by atoms with Crippen LogP contribution >= 0.6 is 0 Å². The van der Waals surface area contributed by atoms with Crippen molar-refractivity contribution in [1.82, 2.24) is 9.78 Å². The number of benzene rings is 1. The lowest BCUT2D eigenvalue weighted by atomic mass is 9.97. The largest absolute Gasteiger partial charge is 0.292 e. The number of nitriles is 1. The van der Waals surface area contributed by atoms with Crippen LogP contribution in [-0.2, 0) is 6.54 Å². The minimum Gasteiger partial charge on any atom is -0.292 e. The summed E-state index contributed by atoms with van der Waals surface area (Å²) in [5.74, 6) is 0.240. The van der Waals surface area contributed by atoms with Gasteiger partial charge in [-0.1, -0.05) is 38.1 Å². The molecule has 5 nitrogen and oxygen atoms in total. The second kappa shape index (κ2) is 7.22. The molecule has 0 aliphatic rings. The molecule has 0 aliphatic carbocycles. The van der Waals surface area contributed by atoms with E-state index < -0.39 is 5.56 Å². The third-order valence-electron chi connectivity index (χ3n) is 4.46. The topological polar surface area (TPSA) is 75.8 Å².